The summed E-state index contributed by atoms with van der Waals surface area (Å²) in [6.45, 7) is 16.4. The number of aromatic nitrogens is 1. The Bertz CT molecular complexity index is 2800. The fourth-order valence-corrected chi connectivity index (χ4v) is 13.3. The number of para-hydroxylation sites is 1. The molecule has 1 unspecified atom stereocenters. The van der Waals surface area contributed by atoms with Crippen LogP contribution in [0.1, 0.15) is 73.3 Å². The van der Waals surface area contributed by atoms with Crippen LogP contribution >= 0.6 is 11.3 Å². The van der Waals surface area contributed by atoms with Crippen molar-refractivity contribution in [2.75, 3.05) is 0 Å². The summed E-state index contributed by atoms with van der Waals surface area (Å²) in [5, 5.41) is 4.06. The molecule has 1 radical (unpaired) electrons. The van der Waals surface area contributed by atoms with Crippen LogP contribution in [0, 0.1) is 12.1 Å². The number of nitrogens with zero attached hydrogens (tertiary/aromatic N) is 2. The first kappa shape index (κ1) is 44.8. The first-order chi connectivity index (χ1) is 28.7. The van der Waals surface area contributed by atoms with Gasteiger partial charge in [-0.3, -0.25) is 0 Å². The maximum Gasteiger partial charge on any atom is 0.0795 e. The molecule has 8 aromatic rings. The molecule has 0 N–H and O–H groups in total. The van der Waals surface area contributed by atoms with Gasteiger partial charge < -0.3 is 4.98 Å². The van der Waals surface area contributed by atoms with Crippen LogP contribution in [0.5, 0.6) is 0 Å². The summed E-state index contributed by atoms with van der Waals surface area (Å²) < 4.78 is 4.24. The van der Waals surface area contributed by atoms with Gasteiger partial charge >= 0.3 is 234 Å². The van der Waals surface area contributed by atoms with Crippen LogP contribution < -0.4 is 9.58 Å². The molecule has 2 nitrogen and oxygen atoms in total. The molecule has 0 amide bonds. The Balaban J connectivity index is 0.000000278. The second-order valence-electron chi connectivity index (χ2n) is 18.8. The van der Waals surface area contributed by atoms with E-state index in [4.69, 9.17) is 4.99 Å². The van der Waals surface area contributed by atoms with E-state index < -0.39 is 21.3 Å². The molecule has 6 heteroatoms. The van der Waals surface area contributed by atoms with Gasteiger partial charge in [-0.1, -0.05) is 62.1 Å². The van der Waals surface area contributed by atoms with Crippen LogP contribution in [0.3, 0.4) is 0 Å². The van der Waals surface area contributed by atoms with Crippen molar-refractivity contribution in [1.82, 2.24) is 4.98 Å². The predicted molar refractivity (Wildman–Crippen MR) is 267 cm³/mol. The second kappa shape index (κ2) is 18.2. The van der Waals surface area contributed by atoms with Gasteiger partial charge in [0.05, 0.1) is 8.07 Å². The molecule has 0 saturated carbocycles. The minimum Gasteiger partial charge on any atom is -0.305 e. The van der Waals surface area contributed by atoms with Gasteiger partial charge in [0.15, 0.2) is 0 Å². The zero-order valence-electron chi connectivity index (χ0n) is 37.1. The van der Waals surface area contributed by atoms with E-state index in [1.165, 1.54) is 58.7 Å². The second-order valence-corrected chi connectivity index (χ2v) is 35.6. The Kier molecular flexibility index (Phi) is 13.4. The fraction of sp³-hybridized carbons (Fsp3) is 0.236. The number of benzene rings is 6. The van der Waals surface area contributed by atoms with Gasteiger partial charge in [0.25, 0.3) is 0 Å². The van der Waals surface area contributed by atoms with Crippen molar-refractivity contribution in [2.45, 2.75) is 82.4 Å². The topological polar surface area (TPSA) is 25.2 Å². The molecule has 3 heterocycles. The first-order valence-corrected chi connectivity index (χ1v) is 33.1. The average Bonchev–Trinajstić information content (AvgIpc) is 3.82. The standard InChI is InChI=1S/C41H40GeNS.C14H16NSi.Ir/c1-25(2)34-22-28(27-14-9-8-10-15-27)23-35(26(3)4)38(34)39-32-16-11-12-19-36(32)43-40(39)33-18-13-17-31-30-21-20-29(42(5,6)7)24-37(30)44-41(31)33;1-16(2,3)13-9-10-14(15-11-13)12-7-5-4-6-8-12;/h8-17,19-26,39H,1-7H3;4-7,9-11H,1-3H3;/q2*-1;. The Morgan fingerprint density at radius 3 is 1.98 bits per heavy atom. The van der Waals surface area contributed by atoms with Gasteiger partial charge in [-0.25, -0.2) is 0 Å². The Labute approximate surface area is 385 Å². The number of hydrogen-bond donors (Lipinski definition) is 0. The zero-order chi connectivity index (χ0) is 42.3. The van der Waals surface area contributed by atoms with E-state index in [0.29, 0.717) is 11.8 Å². The van der Waals surface area contributed by atoms with Gasteiger partial charge in [-0.15, -0.1) is 35.9 Å². The van der Waals surface area contributed by atoms with Crippen molar-refractivity contribution >= 4 is 73.8 Å². The maximum absolute atomic E-state index is 5.44. The van der Waals surface area contributed by atoms with Crippen LogP contribution in [0.4, 0.5) is 5.69 Å². The van der Waals surface area contributed by atoms with Crippen molar-refractivity contribution < 1.29 is 20.1 Å². The number of hydrogen-bond acceptors (Lipinski definition) is 3. The van der Waals surface area contributed by atoms with Gasteiger partial charge in [-0.05, 0) is 16.4 Å². The minimum absolute atomic E-state index is 0. The maximum atomic E-state index is 5.44. The molecule has 1 aliphatic heterocycles. The van der Waals surface area contributed by atoms with Gasteiger partial charge in [0.2, 0.25) is 0 Å². The van der Waals surface area contributed by atoms with Crippen molar-refractivity contribution in [3.05, 3.63) is 180 Å². The van der Waals surface area contributed by atoms with Crippen molar-refractivity contribution in [2.24, 2.45) is 4.99 Å². The monoisotopic (exact) mass is 1070 g/mol. The molecule has 2 aromatic heterocycles. The molecule has 6 aromatic carbocycles. The molecular weight excluding hydrogens is 1010 g/mol. The third-order valence-corrected chi connectivity index (χ3v) is 19.3. The molecule has 1 aliphatic rings. The van der Waals surface area contributed by atoms with Crippen LogP contribution in [0.2, 0.25) is 36.9 Å². The van der Waals surface area contributed by atoms with Gasteiger partial charge in [0.1, 0.15) is 0 Å². The molecule has 61 heavy (non-hydrogen) atoms. The van der Waals surface area contributed by atoms with E-state index in [1.54, 1.807) is 4.40 Å². The number of aliphatic imine (C=N–C) groups is 1. The summed E-state index contributed by atoms with van der Waals surface area (Å²) in [6, 6.07) is 55.3. The smallest absolute Gasteiger partial charge is 0.0795 e. The van der Waals surface area contributed by atoms with E-state index >= 15 is 0 Å². The largest absolute Gasteiger partial charge is 0.305 e. The number of thiophene rings is 1. The summed E-state index contributed by atoms with van der Waals surface area (Å²) in [6.07, 6.45) is 2.02. The summed E-state index contributed by atoms with van der Waals surface area (Å²) in [5.41, 5.74) is 13.5. The third-order valence-electron chi connectivity index (χ3n) is 11.8. The first-order valence-electron chi connectivity index (χ1n) is 21.4. The summed E-state index contributed by atoms with van der Waals surface area (Å²) >= 11 is -0.0409. The van der Waals surface area contributed by atoms with Crippen LogP contribution in [-0.4, -0.2) is 32.0 Å². The van der Waals surface area contributed by atoms with Crippen LogP contribution in [-0.2, 0) is 20.1 Å². The normalized spacial score (nSPS) is 13.8. The van der Waals surface area contributed by atoms with E-state index in [9.17, 15) is 0 Å². The van der Waals surface area contributed by atoms with Crippen molar-refractivity contribution in [1.29, 1.82) is 0 Å². The van der Waals surface area contributed by atoms with Crippen molar-refractivity contribution in [3.8, 4) is 22.4 Å². The SMILES string of the molecule is CC(C)c1cc(-c2ccccc2)cc(C(C)C)c1C1C(c2[c-]ccc3c2sc2c[c]([Ge]([CH3])([CH3])[CH3])ccc23)=Nc2ccccc21.C[Si](C)(C)c1ccc(-c2[c-]cccc2)nc1.[Ir]. The van der Waals surface area contributed by atoms with Crippen LogP contribution in [0.25, 0.3) is 42.6 Å². The average molecular weight is 1070 g/mol. The Hall–Kier alpha value is -4.23. The molecule has 0 fully saturated rings. The van der Waals surface area contributed by atoms with E-state index in [2.05, 4.69) is 191 Å². The zero-order valence-corrected chi connectivity index (χ0v) is 43.5. The summed E-state index contributed by atoms with van der Waals surface area (Å²) in [5.74, 6) is 8.22. The number of rotatable bonds is 8. The molecule has 0 spiro atoms. The molecular formula is C55H56GeIrN2SSi-2. The van der Waals surface area contributed by atoms with Crippen molar-refractivity contribution in [3.63, 3.8) is 0 Å². The molecule has 1 atom stereocenters. The summed E-state index contributed by atoms with van der Waals surface area (Å²) in [7, 11) is -1.23. The van der Waals surface area contributed by atoms with E-state index in [-0.39, 0.29) is 26.0 Å². The van der Waals surface area contributed by atoms with Crippen LogP contribution in [0.15, 0.2) is 145 Å². The fourth-order valence-electron chi connectivity index (χ4n) is 8.40. The van der Waals surface area contributed by atoms with Gasteiger partial charge in [-0.2, -0.15) is 0 Å². The van der Waals surface area contributed by atoms with E-state index in [0.717, 1.165) is 28.2 Å². The molecule has 0 aliphatic carbocycles. The third kappa shape index (κ3) is 9.29. The summed E-state index contributed by atoms with van der Waals surface area (Å²) in [4.78, 5) is 9.96. The quantitative estimate of drug-likeness (QED) is 0.110. The van der Waals surface area contributed by atoms with E-state index in [1.807, 2.05) is 41.8 Å². The number of pyridine rings is 1. The molecule has 0 bridgehead atoms. The van der Waals surface area contributed by atoms with Gasteiger partial charge in [0, 0.05) is 26.3 Å². The number of fused-ring (bicyclic) bond motifs is 4. The molecule has 311 valence electrons. The minimum atomic E-state index is -1.96. The molecule has 0 saturated heterocycles. The molecule has 9 rings (SSSR count). The Morgan fingerprint density at radius 2 is 1.36 bits per heavy atom. The predicted octanol–water partition coefficient (Wildman–Crippen LogP) is 14.7. The Morgan fingerprint density at radius 1 is 0.672 bits per heavy atom.